The lowest BCUT2D eigenvalue weighted by atomic mass is 10.2. The largest absolute Gasteiger partial charge is 0.374 e. The van der Waals surface area contributed by atoms with Crippen molar-refractivity contribution in [2.24, 2.45) is 23.7 Å². The lowest BCUT2D eigenvalue weighted by Crippen LogP contribution is -2.07. The van der Waals surface area contributed by atoms with Gasteiger partial charge in [-0.3, -0.25) is 0 Å². The Hall–Kier alpha value is -0.0400. The smallest absolute Gasteiger partial charge is 0.0646 e. The fourth-order valence-electron chi connectivity index (χ4n) is 3.21. The third kappa shape index (κ3) is 0.144. The first kappa shape index (κ1) is 3.21. The molecule has 6 atom stereocenters. The topological polar surface area (TPSA) is 9.23 Å². The molecule has 3 saturated carbocycles. The second-order valence-corrected chi connectivity index (χ2v) is 3.78. The summed E-state index contributed by atoms with van der Waals surface area (Å²) in [7, 11) is 0. The Balaban J connectivity index is 2.04. The van der Waals surface area contributed by atoms with Crippen molar-refractivity contribution in [3.63, 3.8) is 0 Å². The van der Waals surface area contributed by atoms with Gasteiger partial charge in [0.05, 0.1) is 12.2 Å². The maximum atomic E-state index is 5.67. The molecule has 4 rings (SSSR count). The molecule has 0 bridgehead atoms. The van der Waals surface area contributed by atoms with Gasteiger partial charge in [0, 0.05) is 0 Å². The molecule has 1 heterocycles. The van der Waals surface area contributed by atoms with E-state index in [1.54, 1.807) is 0 Å². The van der Waals surface area contributed by atoms with E-state index in [-0.39, 0.29) is 0 Å². The van der Waals surface area contributed by atoms with Gasteiger partial charge in [-0.2, -0.15) is 0 Å². The van der Waals surface area contributed by atoms with Crippen molar-refractivity contribution in [1.29, 1.82) is 0 Å². The molecular formula is C7H8O. The van der Waals surface area contributed by atoms with E-state index in [1.807, 2.05) is 0 Å². The monoisotopic (exact) mass is 108 g/mol. The Labute approximate surface area is 48.0 Å². The molecule has 3 aliphatic carbocycles. The maximum Gasteiger partial charge on any atom is 0.0646 e. The van der Waals surface area contributed by atoms with Crippen molar-refractivity contribution < 1.29 is 4.74 Å². The second-order valence-electron chi connectivity index (χ2n) is 3.78. The third-order valence-electron chi connectivity index (χ3n) is 3.61. The van der Waals surface area contributed by atoms with Crippen LogP contribution in [0.4, 0.5) is 0 Å². The van der Waals surface area contributed by atoms with Gasteiger partial charge in [-0.25, -0.2) is 0 Å². The van der Waals surface area contributed by atoms with Gasteiger partial charge in [-0.15, -0.1) is 0 Å². The first-order chi connectivity index (χ1) is 3.97. The molecule has 1 nitrogen and oxygen atoms in total. The Bertz CT molecular complexity index is 141. The van der Waals surface area contributed by atoms with Crippen LogP contribution in [0.1, 0.15) is 6.42 Å². The minimum atomic E-state index is 0.773. The molecule has 0 aromatic heterocycles. The van der Waals surface area contributed by atoms with E-state index in [2.05, 4.69) is 0 Å². The van der Waals surface area contributed by atoms with Gasteiger partial charge < -0.3 is 4.74 Å². The molecule has 0 N–H and O–H groups in total. The summed E-state index contributed by atoms with van der Waals surface area (Å²) < 4.78 is 5.67. The van der Waals surface area contributed by atoms with Crippen LogP contribution in [0.2, 0.25) is 0 Å². The summed E-state index contributed by atoms with van der Waals surface area (Å²) in [6, 6.07) is 0. The number of hydrogen-bond donors (Lipinski definition) is 0. The van der Waals surface area contributed by atoms with Gasteiger partial charge >= 0.3 is 0 Å². The predicted molar refractivity (Wildman–Crippen MR) is 27.2 cm³/mol. The fraction of sp³-hybridized carbons (Fsp3) is 1.00. The van der Waals surface area contributed by atoms with Crippen LogP contribution in [0.15, 0.2) is 0 Å². The van der Waals surface area contributed by atoms with Gasteiger partial charge in [-0.1, -0.05) is 0 Å². The van der Waals surface area contributed by atoms with Crippen LogP contribution in [-0.2, 0) is 4.74 Å². The third-order valence-corrected chi connectivity index (χ3v) is 3.61. The lowest BCUT2D eigenvalue weighted by molar-refractivity contribution is 0.0697. The highest BCUT2D eigenvalue weighted by molar-refractivity contribution is 5.27. The van der Waals surface area contributed by atoms with E-state index in [0.717, 1.165) is 35.9 Å². The molecule has 42 valence electrons. The molecule has 0 radical (unpaired) electrons. The molecule has 1 heteroatoms. The molecule has 1 saturated heterocycles. The Morgan fingerprint density at radius 2 is 1.62 bits per heavy atom. The molecule has 0 spiro atoms. The Morgan fingerprint density at radius 1 is 1.00 bits per heavy atom. The zero-order valence-electron chi connectivity index (χ0n) is 4.58. The Kier molecular flexibility index (Phi) is 0.249. The van der Waals surface area contributed by atoms with Crippen molar-refractivity contribution in [2.45, 2.75) is 18.6 Å². The number of ether oxygens (including phenoxy) is 1. The zero-order chi connectivity index (χ0) is 4.88. The van der Waals surface area contributed by atoms with E-state index >= 15 is 0 Å². The van der Waals surface area contributed by atoms with Crippen LogP contribution in [0.25, 0.3) is 0 Å². The predicted octanol–water partition coefficient (Wildman–Crippen LogP) is 0.649. The molecular weight excluding hydrogens is 100 g/mol. The van der Waals surface area contributed by atoms with Gasteiger partial charge in [0.25, 0.3) is 0 Å². The first-order valence-corrected chi connectivity index (χ1v) is 3.62. The number of fused-ring (bicyclic) bond motifs is 2. The van der Waals surface area contributed by atoms with E-state index in [0.29, 0.717) is 0 Å². The molecule has 4 aliphatic rings. The minimum absolute atomic E-state index is 0.773. The zero-order valence-corrected chi connectivity index (χ0v) is 4.58. The summed E-state index contributed by atoms with van der Waals surface area (Å²) >= 11 is 0. The quantitative estimate of drug-likeness (QED) is 0.442. The Morgan fingerprint density at radius 3 is 1.75 bits per heavy atom. The summed E-state index contributed by atoms with van der Waals surface area (Å²) in [5.41, 5.74) is 0. The average Bonchev–Trinajstić information content (AvgIpc) is 2.56. The van der Waals surface area contributed by atoms with Crippen molar-refractivity contribution >= 4 is 0 Å². The van der Waals surface area contributed by atoms with E-state index in [1.165, 1.54) is 6.42 Å². The van der Waals surface area contributed by atoms with Crippen LogP contribution in [0.3, 0.4) is 0 Å². The number of rotatable bonds is 0. The highest BCUT2D eigenvalue weighted by Crippen LogP contribution is 2.77. The van der Waals surface area contributed by atoms with Crippen LogP contribution in [0, 0.1) is 23.7 Å². The van der Waals surface area contributed by atoms with Crippen LogP contribution < -0.4 is 0 Å². The SMILES string of the molecule is C1C2C3OC4C1C4C23. The van der Waals surface area contributed by atoms with Crippen molar-refractivity contribution in [3.05, 3.63) is 0 Å². The normalized spacial score (nSPS) is 87.0. The molecule has 0 aromatic rings. The summed E-state index contributed by atoms with van der Waals surface area (Å²) in [5.74, 6) is 4.25. The van der Waals surface area contributed by atoms with Gasteiger partial charge in [-0.05, 0) is 30.1 Å². The van der Waals surface area contributed by atoms with Crippen LogP contribution in [-0.4, -0.2) is 12.2 Å². The molecule has 1 aliphatic heterocycles. The van der Waals surface area contributed by atoms with Gasteiger partial charge in [0.1, 0.15) is 0 Å². The molecule has 4 fully saturated rings. The van der Waals surface area contributed by atoms with Crippen LogP contribution in [0.5, 0.6) is 0 Å². The molecule has 0 amide bonds. The summed E-state index contributed by atoms with van der Waals surface area (Å²) in [6.07, 6.45) is 3.08. The highest BCUT2D eigenvalue weighted by atomic mass is 16.5. The summed E-state index contributed by atoms with van der Waals surface area (Å²) in [4.78, 5) is 0. The summed E-state index contributed by atoms with van der Waals surface area (Å²) in [5, 5.41) is 0. The maximum absolute atomic E-state index is 5.67. The standard InChI is InChI=1S/C7H8O/c1-2-4-5-3(1)7(5)8-6(2)4/h2-7H,1H2. The number of hydrogen-bond acceptors (Lipinski definition) is 1. The molecule has 6 unspecified atom stereocenters. The molecule has 8 heavy (non-hydrogen) atoms. The van der Waals surface area contributed by atoms with E-state index < -0.39 is 0 Å². The lowest BCUT2D eigenvalue weighted by Gasteiger charge is -2.06. The molecule has 0 aromatic carbocycles. The summed E-state index contributed by atoms with van der Waals surface area (Å²) in [6.45, 7) is 0. The van der Waals surface area contributed by atoms with E-state index in [9.17, 15) is 0 Å². The fourth-order valence-corrected chi connectivity index (χ4v) is 3.21. The first-order valence-electron chi connectivity index (χ1n) is 3.62. The van der Waals surface area contributed by atoms with Crippen molar-refractivity contribution in [3.8, 4) is 0 Å². The van der Waals surface area contributed by atoms with Crippen molar-refractivity contribution in [1.82, 2.24) is 0 Å². The van der Waals surface area contributed by atoms with Gasteiger partial charge in [0.15, 0.2) is 0 Å². The second kappa shape index (κ2) is 0.621. The van der Waals surface area contributed by atoms with Crippen LogP contribution >= 0.6 is 0 Å². The van der Waals surface area contributed by atoms with Crippen molar-refractivity contribution in [2.75, 3.05) is 0 Å². The van der Waals surface area contributed by atoms with E-state index in [4.69, 9.17) is 4.74 Å². The van der Waals surface area contributed by atoms with Gasteiger partial charge in [0.2, 0.25) is 0 Å². The highest BCUT2D eigenvalue weighted by Gasteiger charge is 2.81. The minimum Gasteiger partial charge on any atom is -0.374 e. The average molecular weight is 108 g/mol.